The molecule has 2 rings (SSSR count). The number of fused-ring (bicyclic) bond motifs is 1. The lowest BCUT2D eigenvalue weighted by Gasteiger charge is -2.07. The zero-order valence-electron chi connectivity index (χ0n) is 12.4. The summed E-state index contributed by atoms with van der Waals surface area (Å²) in [5.74, 6) is -0.642. The van der Waals surface area contributed by atoms with Crippen LogP contribution in [0.25, 0.3) is 10.1 Å². The Hall–Kier alpha value is -1.48. The molecule has 0 unspecified atom stereocenters. The van der Waals surface area contributed by atoms with Gasteiger partial charge in [0.05, 0.1) is 7.11 Å². The molecule has 0 aliphatic carbocycles. The number of ether oxygens (including phenoxy) is 1. The van der Waals surface area contributed by atoms with Crippen LogP contribution in [-0.4, -0.2) is 41.6 Å². The minimum Gasteiger partial charge on any atom is -0.465 e. The number of hydrogen-bond acceptors (Lipinski definition) is 6. The lowest BCUT2D eigenvalue weighted by Crippen LogP contribution is -2.27. The molecule has 8 heteroatoms. The van der Waals surface area contributed by atoms with Gasteiger partial charge in [0.1, 0.15) is 9.77 Å². The second-order valence-electron chi connectivity index (χ2n) is 4.60. The van der Waals surface area contributed by atoms with Gasteiger partial charge in [-0.3, -0.25) is 0 Å². The number of hydrogen-bond donors (Lipinski definition) is 2. The molecule has 2 N–H and O–H groups in total. The second kappa shape index (κ2) is 7.19. The highest BCUT2D eigenvalue weighted by molar-refractivity contribution is 7.90. The molecule has 6 nitrogen and oxygen atoms in total. The summed E-state index contributed by atoms with van der Waals surface area (Å²) in [7, 11) is -0.737. The van der Waals surface area contributed by atoms with Crippen molar-refractivity contribution in [2.75, 3.05) is 27.2 Å². The third-order valence-electron chi connectivity index (χ3n) is 3.09. The van der Waals surface area contributed by atoms with E-state index in [2.05, 4.69) is 10.0 Å². The summed E-state index contributed by atoms with van der Waals surface area (Å²) in [6.45, 7) is 1.00. The number of esters is 1. The van der Waals surface area contributed by atoms with Crippen molar-refractivity contribution in [2.45, 2.75) is 11.3 Å². The predicted octanol–water partition coefficient (Wildman–Crippen LogP) is 1.58. The van der Waals surface area contributed by atoms with E-state index >= 15 is 0 Å². The number of benzene rings is 1. The predicted molar refractivity (Wildman–Crippen MR) is 86.9 cm³/mol. The number of carbonyl (C=O) groups excluding carboxylic acids is 1. The monoisotopic (exact) mass is 342 g/mol. The van der Waals surface area contributed by atoms with Crippen LogP contribution in [0.15, 0.2) is 29.2 Å². The zero-order valence-corrected chi connectivity index (χ0v) is 14.0. The van der Waals surface area contributed by atoms with Crippen molar-refractivity contribution < 1.29 is 17.9 Å². The molecule has 0 spiro atoms. The van der Waals surface area contributed by atoms with Gasteiger partial charge in [-0.2, -0.15) is 0 Å². The molecule has 0 atom stereocenters. The van der Waals surface area contributed by atoms with Crippen LogP contribution in [0.3, 0.4) is 0 Å². The van der Waals surface area contributed by atoms with Crippen LogP contribution in [-0.2, 0) is 14.8 Å². The van der Waals surface area contributed by atoms with Crippen molar-refractivity contribution in [1.82, 2.24) is 10.0 Å². The number of methoxy groups -OCH3 is 1. The standard InChI is InChI=1S/C14H18N2O4S2/c1-15-8-5-9-16-22(18,19)13-10-6-3-4-7-11(10)21-12(13)14(17)20-2/h3-4,6-7,15-16H,5,8-9H2,1-2H3. The molecule has 2 aromatic rings. The Bertz CT molecular complexity index is 768. The molecule has 0 aliphatic heterocycles. The van der Waals surface area contributed by atoms with Gasteiger partial charge in [-0.05, 0) is 26.1 Å². The molecule has 0 amide bonds. The topological polar surface area (TPSA) is 84.5 Å². The van der Waals surface area contributed by atoms with E-state index in [4.69, 9.17) is 4.74 Å². The van der Waals surface area contributed by atoms with Crippen LogP contribution < -0.4 is 10.0 Å². The van der Waals surface area contributed by atoms with E-state index in [1.54, 1.807) is 31.3 Å². The normalized spacial score (nSPS) is 11.7. The molecular weight excluding hydrogens is 324 g/mol. The molecule has 1 aromatic heterocycles. The summed E-state index contributed by atoms with van der Waals surface area (Å²) < 4.78 is 33.1. The first-order valence-corrected chi connectivity index (χ1v) is 9.05. The van der Waals surface area contributed by atoms with Crippen molar-refractivity contribution in [3.8, 4) is 0 Å². The van der Waals surface area contributed by atoms with Gasteiger partial charge in [0.25, 0.3) is 0 Å². The molecular formula is C14H18N2O4S2. The Morgan fingerprint density at radius 1 is 1.27 bits per heavy atom. The zero-order chi connectivity index (χ0) is 16.2. The highest BCUT2D eigenvalue weighted by Crippen LogP contribution is 2.34. The average molecular weight is 342 g/mol. The van der Waals surface area contributed by atoms with Gasteiger partial charge in [0.15, 0.2) is 0 Å². The Labute approximate surface area is 133 Å². The van der Waals surface area contributed by atoms with Gasteiger partial charge in [-0.25, -0.2) is 17.9 Å². The highest BCUT2D eigenvalue weighted by Gasteiger charge is 2.28. The van der Waals surface area contributed by atoms with Gasteiger partial charge in [-0.1, -0.05) is 18.2 Å². The van der Waals surface area contributed by atoms with E-state index in [-0.39, 0.29) is 9.77 Å². The average Bonchev–Trinajstić information content (AvgIpc) is 2.91. The Morgan fingerprint density at radius 2 is 2.00 bits per heavy atom. The Kier molecular flexibility index (Phi) is 5.52. The summed E-state index contributed by atoms with van der Waals surface area (Å²) in [6.07, 6.45) is 0.658. The van der Waals surface area contributed by atoms with Crippen LogP contribution in [0.5, 0.6) is 0 Å². The van der Waals surface area contributed by atoms with Crippen molar-refractivity contribution in [3.63, 3.8) is 0 Å². The number of rotatable bonds is 7. The molecule has 0 aliphatic rings. The summed E-state index contributed by atoms with van der Waals surface area (Å²) in [6, 6.07) is 7.03. The van der Waals surface area contributed by atoms with Crippen molar-refractivity contribution in [2.24, 2.45) is 0 Å². The maximum atomic E-state index is 12.6. The van der Waals surface area contributed by atoms with Crippen LogP contribution in [0.2, 0.25) is 0 Å². The van der Waals surface area contributed by atoms with Crippen LogP contribution in [0.1, 0.15) is 16.1 Å². The number of sulfonamides is 1. The fraction of sp³-hybridized carbons (Fsp3) is 0.357. The molecule has 1 aromatic carbocycles. The summed E-state index contributed by atoms with van der Waals surface area (Å²) >= 11 is 1.12. The quantitative estimate of drug-likeness (QED) is 0.589. The first-order valence-electron chi connectivity index (χ1n) is 6.75. The Balaban J connectivity index is 2.45. The van der Waals surface area contributed by atoms with E-state index < -0.39 is 16.0 Å². The van der Waals surface area contributed by atoms with E-state index in [0.717, 1.165) is 16.0 Å². The fourth-order valence-corrected chi connectivity index (χ4v) is 4.95. The van der Waals surface area contributed by atoms with Gasteiger partial charge in [0, 0.05) is 16.6 Å². The fourth-order valence-electron chi connectivity index (χ4n) is 2.06. The molecule has 0 saturated carbocycles. The van der Waals surface area contributed by atoms with Crippen LogP contribution >= 0.6 is 11.3 Å². The minimum atomic E-state index is -3.78. The number of nitrogens with one attached hydrogen (secondary N) is 2. The SMILES string of the molecule is CNCCCNS(=O)(=O)c1c(C(=O)OC)sc2ccccc12. The van der Waals surface area contributed by atoms with Crippen molar-refractivity contribution in [3.05, 3.63) is 29.1 Å². The lowest BCUT2D eigenvalue weighted by atomic mass is 10.2. The number of thiophene rings is 1. The number of carbonyl (C=O) groups is 1. The molecule has 0 bridgehead atoms. The molecule has 1 heterocycles. The van der Waals surface area contributed by atoms with Gasteiger partial charge in [0.2, 0.25) is 10.0 Å². The van der Waals surface area contributed by atoms with Gasteiger partial charge >= 0.3 is 5.97 Å². The molecule has 0 fully saturated rings. The van der Waals surface area contributed by atoms with Gasteiger partial charge < -0.3 is 10.1 Å². The maximum absolute atomic E-state index is 12.6. The lowest BCUT2D eigenvalue weighted by molar-refractivity contribution is 0.0602. The van der Waals surface area contributed by atoms with E-state index in [1.165, 1.54) is 7.11 Å². The maximum Gasteiger partial charge on any atom is 0.349 e. The first kappa shape index (κ1) is 16.9. The summed E-state index contributed by atoms with van der Waals surface area (Å²) in [5, 5.41) is 3.49. The molecule has 0 saturated heterocycles. The molecule has 22 heavy (non-hydrogen) atoms. The third-order valence-corrected chi connectivity index (χ3v) is 5.91. The Morgan fingerprint density at radius 3 is 2.68 bits per heavy atom. The molecule has 0 radical (unpaired) electrons. The van der Waals surface area contributed by atoms with Gasteiger partial charge in [-0.15, -0.1) is 11.3 Å². The summed E-state index contributed by atoms with van der Waals surface area (Å²) in [4.78, 5) is 12.0. The second-order valence-corrected chi connectivity index (χ2v) is 7.36. The van der Waals surface area contributed by atoms with E-state index in [1.807, 2.05) is 0 Å². The van der Waals surface area contributed by atoms with E-state index in [9.17, 15) is 13.2 Å². The molecule has 120 valence electrons. The smallest absolute Gasteiger partial charge is 0.349 e. The van der Waals surface area contributed by atoms with E-state index in [0.29, 0.717) is 24.9 Å². The summed E-state index contributed by atoms with van der Waals surface area (Å²) in [5.41, 5.74) is 0. The highest BCUT2D eigenvalue weighted by atomic mass is 32.2. The first-order chi connectivity index (χ1) is 10.5. The minimum absolute atomic E-state index is 0.00408. The van der Waals surface area contributed by atoms with Crippen LogP contribution in [0.4, 0.5) is 0 Å². The van der Waals surface area contributed by atoms with Crippen molar-refractivity contribution in [1.29, 1.82) is 0 Å². The van der Waals surface area contributed by atoms with Crippen molar-refractivity contribution >= 4 is 37.4 Å². The largest absolute Gasteiger partial charge is 0.465 e. The third kappa shape index (κ3) is 3.46. The van der Waals surface area contributed by atoms with Crippen LogP contribution in [0, 0.1) is 0 Å².